The van der Waals surface area contributed by atoms with Gasteiger partial charge in [0.05, 0.1) is 0 Å². The molecule has 2 aromatic rings. The van der Waals surface area contributed by atoms with E-state index in [1.807, 2.05) is 23.5 Å². The van der Waals surface area contributed by atoms with Crippen molar-refractivity contribution in [3.8, 4) is 5.75 Å². The molecule has 0 saturated heterocycles. The zero-order valence-corrected chi connectivity index (χ0v) is 18.7. The van der Waals surface area contributed by atoms with E-state index < -0.39 is 0 Å². The molecule has 126 valence electrons. The Labute approximate surface area is 191 Å². The first-order valence-corrected chi connectivity index (χ1v) is 9.22. The second kappa shape index (κ2) is 11.1. The average Bonchev–Trinajstić information content (AvgIpc) is 3.05. The fourth-order valence-corrected chi connectivity index (χ4v) is 4.25. The summed E-state index contributed by atoms with van der Waals surface area (Å²) in [6.45, 7) is 4.58. The topological polar surface area (TPSA) is 53.5 Å². The average molecular weight is 372 g/mol. The fraction of sp³-hybridized carbons (Fsp3) is 0.474. The Bertz CT molecular complexity index is 603. The minimum Gasteiger partial charge on any atom is -0.870 e. The number of thiophene rings is 1. The quantitative estimate of drug-likeness (QED) is 0.774. The molecule has 0 unspecified atom stereocenters. The van der Waals surface area contributed by atoms with Crippen LogP contribution in [0, 0.1) is 0 Å². The minimum absolute atomic E-state index is 0. The minimum atomic E-state index is 0. The second-order valence-electron chi connectivity index (χ2n) is 6.18. The summed E-state index contributed by atoms with van der Waals surface area (Å²) in [6, 6.07) is 11.0. The molecular weight excluding hydrogens is 345 g/mol. The number of rotatable bonds is 6. The van der Waals surface area contributed by atoms with Crippen molar-refractivity contribution in [1.29, 1.82) is 0 Å². The number of benzene rings is 1. The van der Waals surface area contributed by atoms with Crippen LogP contribution >= 0.6 is 11.3 Å². The van der Waals surface area contributed by atoms with Gasteiger partial charge in [0, 0.05) is 17.5 Å². The Morgan fingerprint density at radius 2 is 2.04 bits per heavy atom. The van der Waals surface area contributed by atoms with Gasteiger partial charge in [0.1, 0.15) is 5.75 Å². The maximum atomic E-state index is 10.0. The molecule has 0 bridgehead atoms. The molecule has 1 atom stereocenters. The standard InChI is InChI=1S/C19H25NOS.K.H2O/c1-2-11-20(12-10-17-6-4-13-22-17)16-8-9-18-15(14-16)5-3-7-19(18)21;;/h3-7,13,16,21H,2,8-12,14H2,1H3;;1H2/q;+1;/p-1/t16-;;/m0../s1. The normalized spacial score (nSPS) is 16.2. The van der Waals surface area contributed by atoms with Crippen LogP contribution in [0.5, 0.6) is 5.75 Å². The molecule has 0 fully saturated rings. The van der Waals surface area contributed by atoms with Crippen LogP contribution in [-0.4, -0.2) is 34.6 Å². The molecule has 0 spiro atoms. The van der Waals surface area contributed by atoms with Crippen molar-refractivity contribution in [2.24, 2.45) is 0 Å². The third kappa shape index (κ3) is 5.64. The van der Waals surface area contributed by atoms with E-state index in [1.165, 1.54) is 29.0 Å². The first-order valence-electron chi connectivity index (χ1n) is 8.34. The van der Waals surface area contributed by atoms with Crippen molar-refractivity contribution < 1.29 is 62.0 Å². The van der Waals surface area contributed by atoms with E-state index in [-0.39, 0.29) is 56.9 Å². The van der Waals surface area contributed by atoms with E-state index in [1.54, 1.807) is 0 Å². The molecule has 0 saturated carbocycles. The van der Waals surface area contributed by atoms with Gasteiger partial charge >= 0.3 is 51.4 Å². The van der Waals surface area contributed by atoms with Crippen molar-refractivity contribution in [2.75, 3.05) is 13.1 Å². The fourth-order valence-electron chi connectivity index (χ4n) is 3.55. The van der Waals surface area contributed by atoms with Crippen molar-refractivity contribution in [2.45, 2.75) is 45.1 Å². The predicted octanol–water partition coefficient (Wildman–Crippen LogP) is 1.09. The van der Waals surface area contributed by atoms with Crippen molar-refractivity contribution in [3.63, 3.8) is 0 Å². The Morgan fingerprint density at radius 1 is 1.21 bits per heavy atom. The van der Waals surface area contributed by atoms with Crippen LogP contribution < -0.4 is 51.4 Å². The van der Waals surface area contributed by atoms with Gasteiger partial charge in [-0.3, -0.25) is 4.90 Å². The summed E-state index contributed by atoms with van der Waals surface area (Å²) in [7, 11) is 0. The van der Waals surface area contributed by atoms with Crippen LogP contribution in [0.1, 0.15) is 35.8 Å². The van der Waals surface area contributed by atoms with E-state index in [0.29, 0.717) is 11.8 Å². The largest absolute Gasteiger partial charge is 1.00 e. The van der Waals surface area contributed by atoms with E-state index >= 15 is 0 Å². The van der Waals surface area contributed by atoms with Crippen LogP contribution in [0.2, 0.25) is 0 Å². The van der Waals surface area contributed by atoms with Gasteiger partial charge in [-0.2, -0.15) is 0 Å². The summed E-state index contributed by atoms with van der Waals surface area (Å²) in [6.07, 6.45) is 5.60. The molecule has 3 rings (SSSR count). The van der Waals surface area contributed by atoms with E-state index in [0.717, 1.165) is 32.2 Å². The maximum Gasteiger partial charge on any atom is 1.00 e. The molecule has 0 aliphatic heterocycles. The van der Waals surface area contributed by atoms with Crippen molar-refractivity contribution >= 4 is 11.3 Å². The third-order valence-electron chi connectivity index (χ3n) is 4.68. The molecule has 3 nitrogen and oxygen atoms in total. The summed E-state index contributed by atoms with van der Waals surface area (Å²) in [5.41, 5.74) is 2.52. The summed E-state index contributed by atoms with van der Waals surface area (Å²) in [4.78, 5) is 4.14. The molecule has 0 radical (unpaired) electrons. The van der Waals surface area contributed by atoms with E-state index in [2.05, 4.69) is 35.4 Å². The van der Waals surface area contributed by atoms with E-state index in [4.69, 9.17) is 0 Å². The Balaban J connectivity index is 0.00000144. The SMILES string of the molecule is CCCN(CCc1cccs1)[C@H]1CCc2c(O)cccc2C1.[K+].[OH-]. The maximum absolute atomic E-state index is 10.0. The Hall–Kier alpha value is 0.276. The van der Waals surface area contributed by atoms with Crippen LogP contribution in [0.15, 0.2) is 35.7 Å². The molecule has 5 heteroatoms. The molecule has 24 heavy (non-hydrogen) atoms. The number of phenolic OH excluding ortho intramolecular Hbond substituents is 1. The monoisotopic (exact) mass is 371 g/mol. The summed E-state index contributed by atoms with van der Waals surface area (Å²) in [5, 5.41) is 12.2. The Kier molecular flexibility index (Phi) is 10.3. The third-order valence-corrected chi connectivity index (χ3v) is 5.62. The summed E-state index contributed by atoms with van der Waals surface area (Å²) in [5.74, 6) is 0.483. The Morgan fingerprint density at radius 3 is 2.75 bits per heavy atom. The first kappa shape index (κ1) is 22.3. The molecule has 1 aromatic heterocycles. The van der Waals surface area contributed by atoms with Gasteiger partial charge in [0.25, 0.3) is 0 Å². The van der Waals surface area contributed by atoms with Gasteiger partial charge in [-0.1, -0.05) is 25.1 Å². The summed E-state index contributed by atoms with van der Waals surface area (Å²) < 4.78 is 0. The van der Waals surface area contributed by atoms with Crippen LogP contribution in [0.4, 0.5) is 0 Å². The first-order chi connectivity index (χ1) is 10.8. The molecule has 1 aromatic carbocycles. The van der Waals surface area contributed by atoms with Crippen molar-refractivity contribution in [1.82, 2.24) is 4.90 Å². The predicted molar refractivity (Wildman–Crippen MR) is 95.7 cm³/mol. The van der Waals surface area contributed by atoms with Gasteiger partial charge in [0.15, 0.2) is 0 Å². The zero-order valence-electron chi connectivity index (χ0n) is 14.7. The van der Waals surface area contributed by atoms with Gasteiger partial charge in [-0.25, -0.2) is 0 Å². The van der Waals surface area contributed by atoms with Crippen LogP contribution in [-0.2, 0) is 19.3 Å². The molecule has 1 aliphatic rings. The second-order valence-corrected chi connectivity index (χ2v) is 7.21. The van der Waals surface area contributed by atoms with Crippen molar-refractivity contribution in [3.05, 3.63) is 51.7 Å². The van der Waals surface area contributed by atoms with Crippen LogP contribution in [0.3, 0.4) is 0 Å². The number of hydrogen-bond acceptors (Lipinski definition) is 4. The zero-order chi connectivity index (χ0) is 15.4. The molecule has 2 N–H and O–H groups in total. The molecular formula is C19H26KNO2S. The van der Waals surface area contributed by atoms with Crippen LogP contribution in [0.25, 0.3) is 0 Å². The number of aromatic hydroxyl groups is 1. The van der Waals surface area contributed by atoms with Gasteiger partial charge in [-0.15, -0.1) is 11.3 Å². The molecule has 1 aliphatic carbocycles. The number of fused-ring (bicyclic) bond motifs is 1. The number of nitrogens with zero attached hydrogens (tertiary/aromatic N) is 1. The molecule has 1 heterocycles. The van der Waals surface area contributed by atoms with Gasteiger partial charge in [0.2, 0.25) is 0 Å². The van der Waals surface area contributed by atoms with Gasteiger partial charge in [-0.05, 0) is 67.3 Å². The molecule has 0 amide bonds. The van der Waals surface area contributed by atoms with E-state index in [9.17, 15) is 5.11 Å². The number of phenols is 1. The van der Waals surface area contributed by atoms with Gasteiger partial charge < -0.3 is 10.6 Å². The number of hydrogen-bond donors (Lipinski definition) is 1. The summed E-state index contributed by atoms with van der Waals surface area (Å²) >= 11 is 1.86. The smallest absolute Gasteiger partial charge is 0.870 e.